The molecule has 0 bridgehead atoms. The number of ether oxygens (including phenoxy) is 1. The Morgan fingerprint density at radius 1 is 1.21 bits per heavy atom. The van der Waals surface area contributed by atoms with Crippen LogP contribution in [0.5, 0.6) is 5.75 Å². The average Bonchev–Trinajstić information content (AvgIpc) is 3.41. The number of hydrogen-bond donors (Lipinski definition) is 0. The lowest BCUT2D eigenvalue weighted by molar-refractivity contribution is 0.415. The topological polar surface area (TPSA) is 44.1 Å². The van der Waals surface area contributed by atoms with Crippen molar-refractivity contribution in [3.05, 3.63) is 58.0 Å². The van der Waals surface area contributed by atoms with Crippen LogP contribution in [0.4, 0.5) is 0 Å². The van der Waals surface area contributed by atoms with Gasteiger partial charge in [0.1, 0.15) is 5.75 Å². The van der Waals surface area contributed by atoms with Crippen LogP contribution in [0.25, 0.3) is 22.2 Å². The summed E-state index contributed by atoms with van der Waals surface area (Å²) in [5.74, 6) is 1.36. The summed E-state index contributed by atoms with van der Waals surface area (Å²) >= 11 is 6.20. The van der Waals surface area contributed by atoms with Crippen LogP contribution in [-0.2, 0) is 6.54 Å². The summed E-state index contributed by atoms with van der Waals surface area (Å²) < 4.78 is 6.97. The maximum Gasteiger partial charge on any atom is 0.348 e. The fourth-order valence-corrected chi connectivity index (χ4v) is 3.13. The number of halogens is 1. The van der Waals surface area contributed by atoms with Gasteiger partial charge in [-0.25, -0.2) is 4.79 Å². The van der Waals surface area contributed by atoms with Gasteiger partial charge < -0.3 is 4.74 Å². The maximum atomic E-state index is 12.6. The molecule has 0 radical (unpaired) electrons. The second kappa shape index (κ2) is 5.95. The van der Waals surface area contributed by atoms with Gasteiger partial charge in [-0.3, -0.25) is 4.57 Å². The van der Waals surface area contributed by atoms with Crippen molar-refractivity contribution in [3.8, 4) is 17.0 Å². The highest BCUT2D eigenvalue weighted by molar-refractivity contribution is 6.31. The molecule has 122 valence electrons. The summed E-state index contributed by atoms with van der Waals surface area (Å²) in [6.07, 6.45) is 2.36. The first-order valence-electron chi connectivity index (χ1n) is 8.00. The summed E-state index contributed by atoms with van der Waals surface area (Å²) in [6, 6.07) is 13.2. The van der Waals surface area contributed by atoms with Crippen molar-refractivity contribution in [2.45, 2.75) is 19.4 Å². The largest absolute Gasteiger partial charge is 0.497 e. The third-order valence-electron chi connectivity index (χ3n) is 4.44. The van der Waals surface area contributed by atoms with Crippen LogP contribution in [-0.4, -0.2) is 16.7 Å². The van der Waals surface area contributed by atoms with E-state index in [4.69, 9.17) is 16.3 Å². The van der Waals surface area contributed by atoms with Crippen molar-refractivity contribution in [1.29, 1.82) is 0 Å². The van der Waals surface area contributed by atoms with Crippen molar-refractivity contribution in [3.63, 3.8) is 0 Å². The monoisotopic (exact) mass is 340 g/mol. The molecule has 0 N–H and O–H groups in total. The van der Waals surface area contributed by atoms with Crippen LogP contribution in [0.2, 0.25) is 5.02 Å². The SMILES string of the molecule is COc1ccc(-c2nc(=O)n(CC3CC3)c3ccc(Cl)cc23)cc1. The van der Waals surface area contributed by atoms with Gasteiger partial charge in [0.15, 0.2) is 0 Å². The van der Waals surface area contributed by atoms with Crippen molar-refractivity contribution in [2.75, 3.05) is 7.11 Å². The van der Waals surface area contributed by atoms with Crippen molar-refractivity contribution in [2.24, 2.45) is 5.92 Å². The van der Waals surface area contributed by atoms with Crippen LogP contribution >= 0.6 is 11.6 Å². The van der Waals surface area contributed by atoms with E-state index < -0.39 is 0 Å². The molecule has 4 nitrogen and oxygen atoms in total. The van der Waals surface area contributed by atoms with E-state index in [0.29, 0.717) is 16.6 Å². The molecule has 1 aliphatic carbocycles. The molecule has 0 aliphatic heterocycles. The van der Waals surface area contributed by atoms with Crippen LogP contribution < -0.4 is 10.4 Å². The lowest BCUT2D eigenvalue weighted by atomic mass is 10.1. The third kappa shape index (κ3) is 2.78. The van der Waals surface area contributed by atoms with E-state index in [9.17, 15) is 4.79 Å². The number of methoxy groups -OCH3 is 1. The summed E-state index contributed by atoms with van der Waals surface area (Å²) in [7, 11) is 1.63. The van der Waals surface area contributed by atoms with Gasteiger partial charge in [-0.15, -0.1) is 0 Å². The lowest BCUT2D eigenvalue weighted by Gasteiger charge is -2.13. The zero-order valence-electron chi connectivity index (χ0n) is 13.3. The smallest absolute Gasteiger partial charge is 0.348 e. The second-order valence-corrected chi connectivity index (χ2v) is 6.62. The Balaban J connectivity index is 1.94. The molecule has 2 aromatic carbocycles. The van der Waals surface area contributed by atoms with Gasteiger partial charge in [-0.2, -0.15) is 4.98 Å². The molecular formula is C19H17ClN2O2. The predicted octanol–water partition coefficient (Wildman–Crippen LogP) is 4.14. The second-order valence-electron chi connectivity index (χ2n) is 6.19. The van der Waals surface area contributed by atoms with Gasteiger partial charge in [-0.05, 0) is 61.2 Å². The zero-order chi connectivity index (χ0) is 16.7. The van der Waals surface area contributed by atoms with E-state index in [2.05, 4.69) is 4.98 Å². The number of fused-ring (bicyclic) bond motifs is 1. The molecule has 4 rings (SSSR count). The fraction of sp³-hybridized carbons (Fsp3) is 0.263. The Labute approximate surface area is 144 Å². The Bertz CT molecular complexity index is 960. The van der Waals surface area contributed by atoms with Gasteiger partial charge in [0.2, 0.25) is 0 Å². The van der Waals surface area contributed by atoms with Crippen molar-refractivity contribution >= 4 is 22.5 Å². The first kappa shape index (κ1) is 15.2. The molecule has 0 spiro atoms. The molecule has 0 atom stereocenters. The minimum Gasteiger partial charge on any atom is -0.497 e. The molecule has 24 heavy (non-hydrogen) atoms. The molecule has 0 saturated heterocycles. The highest BCUT2D eigenvalue weighted by atomic mass is 35.5. The molecule has 0 amide bonds. The molecule has 1 heterocycles. The lowest BCUT2D eigenvalue weighted by Crippen LogP contribution is -2.24. The standard InChI is InChI=1S/C19H17ClN2O2/c1-24-15-7-4-13(5-8-15)18-16-10-14(20)6-9-17(16)22(19(23)21-18)11-12-2-3-12/h4-10,12H,2-3,11H2,1H3. The first-order chi connectivity index (χ1) is 11.7. The van der Waals surface area contributed by atoms with E-state index in [1.54, 1.807) is 11.7 Å². The number of nitrogens with zero attached hydrogens (tertiary/aromatic N) is 2. The maximum absolute atomic E-state index is 12.6. The highest BCUT2D eigenvalue weighted by Crippen LogP contribution is 2.33. The number of rotatable bonds is 4. The first-order valence-corrected chi connectivity index (χ1v) is 8.38. The number of aromatic nitrogens is 2. The molecule has 0 unspecified atom stereocenters. The van der Waals surface area contributed by atoms with Crippen molar-refractivity contribution in [1.82, 2.24) is 9.55 Å². The molecule has 5 heteroatoms. The van der Waals surface area contributed by atoms with Crippen molar-refractivity contribution < 1.29 is 4.74 Å². The van der Waals surface area contributed by atoms with E-state index in [1.807, 2.05) is 42.5 Å². The molecular weight excluding hydrogens is 324 g/mol. The predicted molar refractivity (Wildman–Crippen MR) is 95.7 cm³/mol. The quantitative estimate of drug-likeness (QED) is 0.717. The molecule has 1 fully saturated rings. The van der Waals surface area contributed by atoms with Crippen LogP contribution in [0.3, 0.4) is 0 Å². The minimum absolute atomic E-state index is 0.206. The van der Waals surface area contributed by atoms with E-state index >= 15 is 0 Å². The Hall–Kier alpha value is -2.33. The van der Waals surface area contributed by atoms with Gasteiger partial charge >= 0.3 is 5.69 Å². The molecule has 1 aromatic heterocycles. The Morgan fingerprint density at radius 2 is 1.96 bits per heavy atom. The molecule has 3 aromatic rings. The zero-order valence-corrected chi connectivity index (χ0v) is 14.1. The van der Waals surface area contributed by atoms with Crippen LogP contribution in [0.15, 0.2) is 47.3 Å². The average molecular weight is 341 g/mol. The summed E-state index contributed by atoms with van der Waals surface area (Å²) in [5.41, 5.74) is 2.21. The minimum atomic E-state index is -0.206. The number of benzene rings is 2. The highest BCUT2D eigenvalue weighted by Gasteiger charge is 2.24. The van der Waals surface area contributed by atoms with Gasteiger partial charge in [0.25, 0.3) is 0 Å². The molecule has 1 saturated carbocycles. The van der Waals surface area contributed by atoms with Gasteiger partial charge in [-0.1, -0.05) is 11.6 Å². The van der Waals surface area contributed by atoms with Gasteiger partial charge in [0.05, 0.1) is 18.3 Å². The Kier molecular flexibility index (Phi) is 3.77. The van der Waals surface area contributed by atoms with Gasteiger partial charge in [0, 0.05) is 22.5 Å². The molecule has 1 aliphatic rings. The van der Waals surface area contributed by atoms with E-state index in [0.717, 1.165) is 28.8 Å². The van der Waals surface area contributed by atoms with E-state index in [1.165, 1.54) is 12.8 Å². The summed E-state index contributed by atoms with van der Waals surface area (Å²) in [6.45, 7) is 0.729. The Morgan fingerprint density at radius 3 is 2.62 bits per heavy atom. The summed E-state index contributed by atoms with van der Waals surface area (Å²) in [5, 5.41) is 1.53. The third-order valence-corrected chi connectivity index (χ3v) is 4.68. The number of hydrogen-bond acceptors (Lipinski definition) is 3. The fourth-order valence-electron chi connectivity index (χ4n) is 2.96. The van der Waals surface area contributed by atoms with E-state index in [-0.39, 0.29) is 5.69 Å². The van der Waals surface area contributed by atoms with Crippen LogP contribution in [0.1, 0.15) is 12.8 Å². The summed E-state index contributed by atoms with van der Waals surface area (Å²) in [4.78, 5) is 16.9. The van der Waals surface area contributed by atoms with Crippen LogP contribution in [0, 0.1) is 5.92 Å². The normalized spacial score (nSPS) is 14.1.